The number of piperazine rings is 1. The van der Waals surface area contributed by atoms with Crippen LogP contribution in [-0.4, -0.2) is 74.3 Å². The van der Waals surface area contributed by atoms with Crippen molar-refractivity contribution in [2.24, 2.45) is 0 Å². The normalized spacial score (nSPS) is 23.4. The second-order valence-electron chi connectivity index (χ2n) is 10.2. The molecule has 1 spiro atoms. The lowest BCUT2D eigenvalue weighted by Crippen LogP contribution is -2.58. The lowest BCUT2D eigenvalue weighted by molar-refractivity contribution is 0.0201. The summed E-state index contributed by atoms with van der Waals surface area (Å²) >= 11 is 0. The molecule has 8 nitrogen and oxygen atoms in total. The van der Waals surface area contributed by atoms with Crippen molar-refractivity contribution in [3.05, 3.63) is 41.0 Å². The molecule has 1 N–H and O–H groups in total. The molecule has 3 aliphatic heterocycles. The topological polar surface area (TPSA) is 80.6 Å². The van der Waals surface area contributed by atoms with Gasteiger partial charge in [-0.1, -0.05) is 24.3 Å². The molecule has 1 aromatic heterocycles. The lowest BCUT2D eigenvalue weighted by atomic mass is 9.75. The number of likely N-dealkylation sites (N-methyl/N-ethyl adjacent to an activating group) is 1. The van der Waals surface area contributed by atoms with Crippen LogP contribution in [0.1, 0.15) is 42.9 Å². The summed E-state index contributed by atoms with van der Waals surface area (Å²) < 4.78 is 6.92. The number of benzene rings is 1. The molecule has 6 rings (SSSR count). The van der Waals surface area contributed by atoms with Crippen LogP contribution < -0.4 is 19.9 Å². The standard InChI is InChI=1S/C25H34N6O.C2H3N/c1-29(2)19-16-31(17-19)24-27-22(30-14-12-26-13-15-30)20-9-11-25(32-23(20)28-24)10-5-7-18-6-3-4-8-21(18)25;1-2-3/h3-4,6,8,19,26H,5,7,9-17H2,1-2H3;1H3. The van der Waals surface area contributed by atoms with Crippen LogP contribution in [0.2, 0.25) is 0 Å². The Bertz CT molecular complexity index is 1090. The van der Waals surface area contributed by atoms with E-state index in [2.05, 4.69) is 58.4 Å². The van der Waals surface area contributed by atoms with E-state index in [0.29, 0.717) is 6.04 Å². The number of nitrogens with one attached hydrogen (secondary N) is 1. The van der Waals surface area contributed by atoms with E-state index in [-0.39, 0.29) is 5.60 Å². The Morgan fingerprint density at radius 2 is 1.83 bits per heavy atom. The highest BCUT2D eigenvalue weighted by Crippen LogP contribution is 2.48. The van der Waals surface area contributed by atoms with E-state index in [1.165, 1.54) is 30.0 Å². The summed E-state index contributed by atoms with van der Waals surface area (Å²) in [6.45, 7) is 7.34. The minimum Gasteiger partial charge on any atom is -0.466 e. The summed E-state index contributed by atoms with van der Waals surface area (Å²) in [6.07, 6.45) is 5.37. The molecule has 0 radical (unpaired) electrons. The van der Waals surface area contributed by atoms with Crippen molar-refractivity contribution < 1.29 is 4.74 Å². The molecular weight excluding hydrogens is 438 g/mol. The summed E-state index contributed by atoms with van der Waals surface area (Å²) in [5.41, 5.74) is 3.77. The van der Waals surface area contributed by atoms with Crippen molar-refractivity contribution in [1.82, 2.24) is 20.2 Å². The first-order valence-electron chi connectivity index (χ1n) is 12.9. The zero-order chi connectivity index (χ0) is 24.4. The van der Waals surface area contributed by atoms with Crippen LogP contribution in [0.5, 0.6) is 5.88 Å². The molecule has 0 saturated carbocycles. The van der Waals surface area contributed by atoms with Crippen LogP contribution in [0, 0.1) is 11.3 Å². The van der Waals surface area contributed by atoms with Crippen LogP contribution >= 0.6 is 0 Å². The Morgan fingerprint density at radius 1 is 1.09 bits per heavy atom. The van der Waals surface area contributed by atoms with Gasteiger partial charge < -0.3 is 24.8 Å². The maximum absolute atomic E-state index is 7.32. The summed E-state index contributed by atoms with van der Waals surface area (Å²) in [7, 11) is 4.30. The molecule has 1 unspecified atom stereocenters. The van der Waals surface area contributed by atoms with Crippen molar-refractivity contribution in [2.45, 2.75) is 50.7 Å². The molecule has 4 heterocycles. The molecule has 1 atom stereocenters. The van der Waals surface area contributed by atoms with E-state index in [4.69, 9.17) is 20.0 Å². The van der Waals surface area contributed by atoms with Crippen molar-refractivity contribution in [3.8, 4) is 11.9 Å². The number of rotatable bonds is 3. The van der Waals surface area contributed by atoms with E-state index >= 15 is 0 Å². The minimum atomic E-state index is -0.241. The number of aryl methyl sites for hydroxylation is 1. The molecule has 8 heteroatoms. The summed E-state index contributed by atoms with van der Waals surface area (Å²) in [5.74, 6) is 2.75. The van der Waals surface area contributed by atoms with Gasteiger partial charge in [-0.25, -0.2) is 0 Å². The fraction of sp³-hybridized carbons (Fsp3) is 0.593. The number of nitriles is 1. The Balaban J connectivity index is 0.000000806. The van der Waals surface area contributed by atoms with Gasteiger partial charge in [0.05, 0.1) is 11.6 Å². The van der Waals surface area contributed by atoms with Gasteiger partial charge in [0.15, 0.2) is 0 Å². The van der Waals surface area contributed by atoms with Gasteiger partial charge >= 0.3 is 0 Å². The number of fused-ring (bicyclic) bond motifs is 3. The highest BCUT2D eigenvalue weighted by atomic mass is 16.5. The van der Waals surface area contributed by atoms with E-state index in [9.17, 15) is 0 Å². The highest BCUT2D eigenvalue weighted by Gasteiger charge is 2.44. The number of hydrogen-bond acceptors (Lipinski definition) is 8. The predicted octanol–water partition coefficient (Wildman–Crippen LogP) is 2.72. The first kappa shape index (κ1) is 23.8. The molecule has 0 bridgehead atoms. The molecule has 2 saturated heterocycles. The molecule has 186 valence electrons. The molecule has 1 aromatic carbocycles. The summed E-state index contributed by atoms with van der Waals surface area (Å²) in [4.78, 5) is 17.2. The Morgan fingerprint density at radius 3 is 2.57 bits per heavy atom. The van der Waals surface area contributed by atoms with Crippen LogP contribution in [0.15, 0.2) is 24.3 Å². The zero-order valence-electron chi connectivity index (χ0n) is 21.3. The van der Waals surface area contributed by atoms with Crippen LogP contribution in [0.3, 0.4) is 0 Å². The molecule has 2 fully saturated rings. The average Bonchev–Trinajstić information content (AvgIpc) is 2.84. The number of hydrogen-bond donors (Lipinski definition) is 1. The minimum absolute atomic E-state index is 0.241. The number of aromatic nitrogens is 2. The van der Waals surface area contributed by atoms with Crippen LogP contribution in [0.25, 0.3) is 0 Å². The third-order valence-electron chi connectivity index (χ3n) is 7.83. The van der Waals surface area contributed by atoms with Crippen LogP contribution in [0.4, 0.5) is 11.8 Å². The van der Waals surface area contributed by atoms with E-state index in [1.807, 2.05) is 0 Å². The molecular formula is C27H37N7O. The molecule has 35 heavy (non-hydrogen) atoms. The van der Waals surface area contributed by atoms with Gasteiger partial charge in [0.1, 0.15) is 11.4 Å². The third kappa shape index (κ3) is 4.55. The molecule has 1 aliphatic carbocycles. The van der Waals surface area contributed by atoms with E-state index in [0.717, 1.165) is 82.6 Å². The summed E-state index contributed by atoms with van der Waals surface area (Å²) in [6, 6.07) is 11.2. The predicted molar refractivity (Wildman–Crippen MR) is 138 cm³/mol. The quantitative estimate of drug-likeness (QED) is 0.726. The van der Waals surface area contributed by atoms with Gasteiger partial charge in [-0.15, -0.1) is 0 Å². The van der Waals surface area contributed by atoms with Gasteiger partial charge in [0, 0.05) is 52.2 Å². The third-order valence-corrected chi connectivity index (χ3v) is 7.83. The van der Waals surface area contributed by atoms with Crippen molar-refractivity contribution in [3.63, 3.8) is 0 Å². The number of ether oxygens (including phenoxy) is 1. The van der Waals surface area contributed by atoms with Gasteiger partial charge in [0.2, 0.25) is 11.8 Å². The maximum Gasteiger partial charge on any atom is 0.230 e. The summed E-state index contributed by atoms with van der Waals surface area (Å²) in [5, 5.41) is 10.8. The fourth-order valence-electron chi connectivity index (χ4n) is 5.78. The smallest absolute Gasteiger partial charge is 0.230 e. The van der Waals surface area contributed by atoms with Gasteiger partial charge in [-0.3, -0.25) is 0 Å². The second kappa shape index (κ2) is 10.00. The zero-order valence-corrected chi connectivity index (χ0v) is 21.3. The van der Waals surface area contributed by atoms with Gasteiger partial charge in [-0.05, 0) is 57.3 Å². The second-order valence-corrected chi connectivity index (χ2v) is 10.2. The monoisotopic (exact) mass is 475 g/mol. The molecule has 4 aliphatic rings. The SMILES string of the molecule is CC#N.CN(C)C1CN(c2nc3c(c(N4CCNCC4)n2)CCC2(CCCc4ccccc42)O3)C1. The molecule has 0 amide bonds. The Kier molecular flexibility index (Phi) is 6.81. The number of nitrogens with zero attached hydrogens (tertiary/aromatic N) is 6. The first-order chi connectivity index (χ1) is 17.0. The maximum atomic E-state index is 7.32. The van der Waals surface area contributed by atoms with Crippen molar-refractivity contribution in [1.29, 1.82) is 5.26 Å². The Labute approximate surface area is 208 Å². The van der Waals surface area contributed by atoms with Crippen molar-refractivity contribution in [2.75, 3.05) is 63.2 Å². The van der Waals surface area contributed by atoms with Gasteiger partial charge in [-0.2, -0.15) is 15.2 Å². The van der Waals surface area contributed by atoms with Crippen molar-refractivity contribution >= 4 is 11.8 Å². The van der Waals surface area contributed by atoms with Crippen LogP contribution in [-0.2, 0) is 18.4 Å². The lowest BCUT2D eigenvalue weighted by Gasteiger charge is -2.45. The first-order valence-corrected chi connectivity index (χ1v) is 12.9. The Hall–Kier alpha value is -2.89. The fourth-order valence-corrected chi connectivity index (χ4v) is 5.78. The highest BCUT2D eigenvalue weighted by molar-refractivity contribution is 5.58. The van der Waals surface area contributed by atoms with E-state index in [1.54, 1.807) is 6.07 Å². The average molecular weight is 476 g/mol. The van der Waals surface area contributed by atoms with Gasteiger partial charge in [0.25, 0.3) is 0 Å². The molecule has 2 aromatic rings. The largest absolute Gasteiger partial charge is 0.466 e. The van der Waals surface area contributed by atoms with E-state index < -0.39 is 0 Å². The number of anilines is 2.